The zero-order valence-corrected chi connectivity index (χ0v) is 12.2. The molecule has 1 rings (SSSR count). The minimum absolute atomic E-state index is 0. The van der Waals surface area contributed by atoms with E-state index < -0.39 is 10.4 Å². The van der Waals surface area contributed by atoms with E-state index in [2.05, 4.69) is 31.2 Å². The van der Waals surface area contributed by atoms with Crippen molar-refractivity contribution in [1.29, 1.82) is 0 Å². The standard InChI is InChI=1S/C8H10.K.H2O4S.H/c1-2-8-6-4-3-5-7-8;;1-5(2,3)4;/h3-7H,2H2,1H3;;(H2,1,2,3,4);/q;+1;;-1. The Balaban J connectivity index is -0.000000185. The Morgan fingerprint density at radius 2 is 1.57 bits per heavy atom. The zero-order valence-electron chi connectivity index (χ0n) is 9.21. The fourth-order valence-corrected chi connectivity index (χ4v) is 0.714. The summed E-state index contributed by atoms with van der Waals surface area (Å²) in [5, 5.41) is 0. The molecule has 1 aromatic carbocycles. The summed E-state index contributed by atoms with van der Waals surface area (Å²) >= 11 is 0. The molecule has 0 aliphatic rings. The van der Waals surface area contributed by atoms with E-state index in [-0.39, 0.29) is 52.8 Å². The van der Waals surface area contributed by atoms with Crippen molar-refractivity contribution in [3.63, 3.8) is 0 Å². The maximum Gasteiger partial charge on any atom is 1.00 e. The van der Waals surface area contributed by atoms with E-state index in [1.165, 1.54) is 5.56 Å². The van der Waals surface area contributed by atoms with E-state index in [9.17, 15) is 0 Å². The van der Waals surface area contributed by atoms with Gasteiger partial charge < -0.3 is 1.43 Å². The molecule has 2 N–H and O–H groups in total. The van der Waals surface area contributed by atoms with Crippen molar-refractivity contribution < 1.29 is 70.3 Å². The van der Waals surface area contributed by atoms with Crippen molar-refractivity contribution in [2.24, 2.45) is 0 Å². The Morgan fingerprint density at radius 3 is 1.79 bits per heavy atom. The third-order valence-corrected chi connectivity index (χ3v) is 1.25. The van der Waals surface area contributed by atoms with Gasteiger partial charge in [0.05, 0.1) is 0 Å². The number of hydrogen-bond acceptors (Lipinski definition) is 2. The SMILES string of the molecule is CCc1ccccc1.O=S(=O)(O)O.[H-].[K+]. The molecule has 0 aliphatic carbocycles. The maximum absolute atomic E-state index is 8.74. The van der Waals surface area contributed by atoms with Gasteiger partial charge in [0.15, 0.2) is 0 Å². The minimum Gasteiger partial charge on any atom is -1.00 e. The van der Waals surface area contributed by atoms with Gasteiger partial charge in [0.1, 0.15) is 0 Å². The molecule has 0 atom stereocenters. The van der Waals surface area contributed by atoms with Crippen molar-refractivity contribution in [3.8, 4) is 0 Å². The fraction of sp³-hybridized carbons (Fsp3) is 0.250. The summed E-state index contributed by atoms with van der Waals surface area (Å²) in [6.07, 6.45) is 1.14. The summed E-state index contributed by atoms with van der Waals surface area (Å²) in [7, 11) is -4.67. The van der Waals surface area contributed by atoms with E-state index >= 15 is 0 Å². The Kier molecular flexibility index (Phi) is 11.0. The van der Waals surface area contributed by atoms with Gasteiger partial charge in [-0.1, -0.05) is 37.3 Å². The molecular formula is C8H13KO4S. The van der Waals surface area contributed by atoms with Gasteiger partial charge in [-0.2, -0.15) is 8.42 Å². The van der Waals surface area contributed by atoms with Crippen molar-refractivity contribution in [2.45, 2.75) is 13.3 Å². The third kappa shape index (κ3) is 15.2. The molecule has 4 nitrogen and oxygen atoms in total. The number of aryl methyl sites for hydroxylation is 1. The minimum atomic E-state index is -4.67. The van der Waals surface area contributed by atoms with E-state index in [1.807, 2.05) is 6.07 Å². The van der Waals surface area contributed by atoms with Gasteiger partial charge in [0.2, 0.25) is 0 Å². The summed E-state index contributed by atoms with van der Waals surface area (Å²) < 4.78 is 31.6. The monoisotopic (exact) mass is 244 g/mol. The molecule has 0 heterocycles. The predicted molar refractivity (Wildman–Crippen MR) is 51.1 cm³/mol. The molecule has 76 valence electrons. The molecule has 0 radical (unpaired) electrons. The smallest absolute Gasteiger partial charge is 1.00 e. The van der Waals surface area contributed by atoms with Crippen LogP contribution in [0.1, 0.15) is 13.9 Å². The summed E-state index contributed by atoms with van der Waals surface area (Å²) in [4.78, 5) is 0. The summed E-state index contributed by atoms with van der Waals surface area (Å²) in [6.45, 7) is 2.16. The molecule has 0 saturated carbocycles. The van der Waals surface area contributed by atoms with Gasteiger partial charge in [-0.3, -0.25) is 9.11 Å². The van der Waals surface area contributed by atoms with E-state index in [1.54, 1.807) is 0 Å². The maximum atomic E-state index is 8.74. The van der Waals surface area contributed by atoms with E-state index in [4.69, 9.17) is 17.5 Å². The average Bonchev–Trinajstić information content (AvgIpc) is 2.03. The van der Waals surface area contributed by atoms with E-state index in [0.29, 0.717) is 0 Å². The van der Waals surface area contributed by atoms with Crippen molar-refractivity contribution in [1.82, 2.24) is 0 Å². The molecule has 1 aromatic rings. The van der Waals surface area contributed by atoms with Crippen molar-refractivity contribution in [2.75, 3.05) is 0 Å². The molecule has 0 spiro atoms. The van der Waals surface area contributed by atoms with Crippen LogP contribution in [0, 0.1) is 0 Å². The molecule has 14 heavy (non-hydrogen) atoms. The molecule has 0 unspecified atom stereocenters. The summed E-state index contributed by atoms with van der Waals surface area (Å²) in [5.74, 6) is 0. The van der Waals surface area contributed by atoms with Crippen LogP contribution in [0.4, 0.5) is 0 Å². The van der Waals surface area contributed by atoms with Crippen LogP contribution in [0.3, 0.4) is 0 Å². The summed E-state index contributed by atoms with van der Waals surface area (Å²) in [5.41, 5.74) is 1.41. The Morgan fingerprint density at radius 1 is 1.21 bits per heavy atom. The van der Waals surface area contributed by atoms with Crippen LogP contribution in [-0.2, 0) is 16.8 Å². The van der Waals surface area contributed by atoms with E-state index in [0.717, 1.165) is 6.42 Å². The second kappa shape index (κ2) is 8.99. The van der Waals surface area contributed by atoms with Crippen LogP contribution in [-0.4, -0.2) is 17.5 Å². The van der Waals surface area contributed by atoms with Crippen molar-refractivity contribution >= 4 is 10.4 Å². The molecule has 0 aliphatic heterocycles. The average molecular weight is 244 g/mol. The van der Waals surface area contributed by atoms with Crippen LogP contribution < -0.4 is 51.4 Å². The molecule has 0 saturated heterocycles. The molecule has 6 heteroatoms. The first-order valence-corrected chi connectivity index (χ1v) is 5.07. The number of benzene rings is 1. The van der Waals surface area contributed by atoms with Gasteiger partial charge in [0, 0.05) is 0 Å². The molecular weight excluding hydrogens is 231 g/mol. The fourth-order valence-electron chi connectivity index (χ4n) is 0.714. The molecule has 0 bridgehead atoms. The van der Waals surface area contributed by atoms with Crippen LogP contribution in [0.5, 0.6) is 0 Å². The first kappa shape index (κ1) is 17.1. The molecule has 0 aromatic heterocycles. The third-order valence-electron chi connectivity index (χ3n) is 1.25. The normalized spacial score (nSPS) is 9.36. The molecule has 0 fully saturated rings. The Labute approximate surface area is 128 Å². The summed E-state index contributed by atoms with van der Waals surface area (Å²) in [6, 6.07) is 10.5. The first-order valence-electron chi connectivity index (χ1n) is 3.67. The number of rotatable bonds is 1. The Bertz CT molecular complexity index is 320. The van der Waals surface area contributed by atoms with Crippen LogP contribution in [0.2, 0.25) is 0 Å². The first-order chi connectivity index (χ1) is 5.93. The Hall–Kier alpha value is 0.726. The van der Waals surface area contributed by atoms with Gasteiger partial charge in [-0.25, -0.2) is 0 Å². The van der Waals surface area contributed by atoms with Gasteiger partial charge in [-0.15, -0.1) is 0 Å². The largest absolute Gasteiger partial charge is 1.00 e. The van der Waals surface area contributed by atoms with Gasteiger partial charge >= 0.3 is 61.8 Å². The molecule has 0 amide bonds. The van der Waals surface area contributed by atoms with Gasteiger partial charge in [0.25, 0.3) is 0 Å². The van der Waals surface area contributed by atoms with Crippen LogP contribution in [0.15, 0.2) is 30.3 Å². The topological polar surface area (TPSA) is 74.6 Å². The van der Waals surface area contributed by atoms with Gasteiger partial charge in [-0.05, 0) is 12.0 Å². The quantitative estimate of drug-likeness (QED) is 0.476. The predicted octanol–water partition coefficient (Wildman–Crippen LogP) is -1.29. The second-order valence-corrected chi connectivity index (χ2v) is 3.18. The van der Waals surface area contributed by atoms with Crippen LogP contribution in [0.25, 0.3) is 0 Å². The van der Waals surface area contributed by atoms with Crippen molar-refractivity contribution in [3.05, 3.63) is 35.9 Å². The van der Waals surface area contributed by atoms with Crippen LogP contribution >= 0.6 is 0 Å². The second-order valence-electron chi connectivity index (χ2n) is 2.29. The zero-order chi connectivity index (χ0) is 10.3. The number of hydrogen-bond donors (Lipinski definition) is 2.